The van der Waals surface area contributed by atoms with Crippen molar-refractivity contribution in [3.05, 3.63) is 28.2 Å². The maximum absolute atomic E-state index is 11.8. The molecule has 21 heavy (non-hydrogen) atoms. The van der Waals surface area contributed by atoms with Gasteiger partial charge in [0.1, 0.15) is 0 Å². The van der Waals surface area contributed by atoms with E-state index in [9.17, 15) is 4.79 Å². The fourth-order valence-corrected chi connectivity index (χ4v) is 3.21. The molecule has 0 aliphatic carbocycles. The smallest absolute Gasteiger partial charge is 0.234 e. The monoisotopic (exact) mass is 348 g/mol. The number of carbonyl (C=O) groups is 1. The van der Waals surface area contributed by atoms with Crippen LogP contribution in [-0.2, 0) is 9.53 Å². The first-order valence-electron chi connectivity index (χ1n) is 6.78. The molecule has 1 aliphatic heterocycles. The Bertz CT molecular complexity index is 482. The van der Waals surface area contributed by atoms with Gasteiger partial charge < -0.3 is 10.1 Å². The van der Waals surface area contributed by atoms with Crippen molar-refractivity contribution in [1.29, 1.82) is 0 Å². The number of thioether (sulfide) groups is 1. The Morgan fingerprint density at radius 3 is 2.81 bits per heavy atom. The molecule has 4 nitrogen and oxygen atoms in total. The standard InChI is InChI=1S/C14H18Cl2N2O2S/c15-11-1-2-13(12(16)9-11)17-14(19)10-21-8-5-18-3-6-20-7-4-18/h1-2,9H,3-8,10H2,(H,17,19). The molecule has 1 N–H and O–H groups in total. The number of carbonyl (C=O) groups excluding carboxylic acids is 1. The Morgan fingerprint density at radius 1 is 1.33 bits per heavy atom. The van der Waals surface area contributed by atoms with Gasteiger partial charge in [-0.3, -0.25) is 9.69 Å². The summed E-state index contributed by atoms with van der Waals surface area (Å²) >= 11 is 13.4. The summed E-state index contributed by atoms with van der Waals surface area (Å²) in [6.07, 6.45) is 0. The molecule has 1 fully saturated rings. The molecule has 1 amide bonds. The van der Waals surface area contributed by atoms with Crippen LogP contribution in [0.3, 0.4) is 0 Å². The van der Waals surface area contributed by atoms with E-state index >= 15 is 0 Å². The van der Waals surface area contributed by atoms with E-state index < -0.39 is 0 Å². The van der Waals surface area contributed by atoms with E-state index in [1.807, 2.05) is 0 Å². The van der Waals surface area contributed by atoms with Gasteiger partial charge in [0.15, 0.2) is 0 Å². The number of rotatable bonds is 6. The topological polar surface area (TPSA) is 41.6 Å². The highest BCUT2D eigenvalue weighted by atomic mass is 35.5. The number of benzene rings is 1. The Labute approximate surface area is 139 Å². The van der Waals surface area contributed by atoms with E-state index in [1.54, 1.807) is 30.0 Å². The first-order valence-corrected chi connectivity index (χ1v) is 8.69. The highest BCUT2D eigenvalue weighted by Gasteiger charge is 2.10. The summed E-state index contributed by atoms with van der Waals surface area (Å²) in [7, 11) is 0. The van der Waals surface area contributed by atoms with Gasteiger partial charge in [0.2, 0.25) is 5.91 Å². The van der Waals surface area contributed by atoms with Gasteiger partial charge in [-0.15, -0.1) is 0 Å². The van der Waals surface area contributed by atoms with Crippen LogP contribution < -0.4 is 5.32 Å². The summed E-state index contributed by atoms with van der Waals surface area (Å²) in [5, 5.41) is 3.80. The number of halogens is 2. The molecule has 116 valence electrons. The molecule has 0 atom stereocenters. The third-order valence-corrected chi connectivity index (χ3v) is 4.58. The van der Waals surface area contributed by atoms with Crippen LogP contribution in [0, 0.1) is 0 Å². The number of hydrogen-bond donors (Lipinski definition) is 1. The summed E-state index contributed by atoms with van der Waals surface area (Å²) in [5.74, 6) is 1.30. The Kier molecular flexibility index (Phi) is 7.13. The lowest BCUT2D eigenvalue weighted by molar-refractivity contribution is -0.113. The molecule has 7 heteroatoms. The summed E-state index contributed by atoms with van der Waals surface area (Å²) < 4.78 is 5.30. The molecule has 1 heterocycles. The molecular weight excluding hydrogens is 331 g/mol. The van der Waals surface area contributed by atoms with Crippen LogP contribution in [0.5, 0.6) is 0 Å². The molecule has 1 aliphatic rings. The van der Waals surface area contributed by atoms with Crippen molar-refractivity contribution in [2.24, 2.45) is 0 Å². The third kappa shape index (κ3) is 6.04. The zero-order valence-corrected chi connectivity index (χ0v) is 13.9. The maximum atomic E-state index is 11.8. The average Bonchev–Trinajstić information content (AvgIpc) is 2.48. The SMILES string of the molecule is O=C(CSCCN1CCOCC1)Nc1ccc(Cl)cc1Cl. The number of nitrogens with one attached hydrogen (secondary N) is 1. The Morgan fingerprint density at radius 2 is 2.10 bits per heavy atom. The maximum Gasteiger partial charge on any atom is 0.234 e. The second-order valence-corrected chi connectivity index (χ2v) is 6.63. The van der Waals surface area contributed by atoms with E-state index in [0.29, 0.717) is 21.5 Å². The van der Waals surface area contributed by atoms with Crippen LogP contribution in [-0.4, -0.2) is 55.2 Å². The van der Waals surface area contributed by atoms with E-state index in [2.05, 4.69) is 10.2 Å². The molecule has 0 saturated carbocycles. The van der Waals surface area contributed by atoms with Crippen molar-refractivity contribution in [3.8, 4) is 0 Å². The lowest BCUT2D eigenvalue weighted by Gasteiger charge is -2.26. The predicted octanol–water partition coefficient (Wildman–Crippen LogP) is 3.00. The van der Waals surface area contributed by atoms with Crippen molar-refractivity contribution in [2.75, 3.05) is 49.7 Å². The van der Waals surface area contributed by atoms with Gasteiger partial charge in [-0.2, -0.15) is 11.8 Å². The van der Waals surface area contributed by atoms with Crippen molar-refractivity contribution in [1.82, 2.24) is 4.90 Å². The fourth-order valence-electron chi connectivity index (χ4n) is 1.96. The summed E-state index contributed by atoms with van der Waals surface area (Å²) in [5.41, 5.74) is 0.597. The average molecular weight is 349 g/mol. The predicted molar refractivity (Wildman–Crippen MR) is 89.7 cm³/mol. The first-order chi connectivity index (χ1) is 10.1. The number of nitrogens with zero attached hydrogens (tertiary/aromatic N) is 1. The van der Waals surface area contributed by atoms with Crippen molar-refractivity contribution < 1.29 is 9.53 Å². The zero-order chi connectivity index (χ0) is 15.1. The minimum absolute atomic E-state index is 0.0498. The summed E-state index contributed by atoms with van der Waals surface area (Å²) in [4.78, 5) is 14.2. The molecule has 1 aromatic rings. The highest BCUT2D eigenvalue weighted by molar-refractivity contribution is 7.99. The van der Waals surface area contributed by atoms with Crippen LogP contribution in [0.4, 0.5) is 5.69 Å². The second kappa shape index (κ2) is 8.86. The number of morpholine rings is 1. The van der Waals surface area contributed by atoms with Crippen molar-refractivity contribution >= 4 is 46.6 Å². The van der Waals surface area contributed by atoms with Crippen LogP contribution in [0.1, 0.15) is 0 Å². The van der Waals surface area contributed by atoms with Crippen LogP contribution in [0.15, 0.2) is 18.2 Å². The number of ether oxygens (including phenoxy) is 1. The van der Waals surface area contributed by atoms with E-state index in [4.69, 9.17) is 27.9 Å². The third-order valence-electron chi connectivity index (χ3n) is 3.09. The van der Waals surface area contributed by atoms with Crippen molar-refractivity contribution in [3.63, 3.8) is 0 Å². The van der Waals surface area contributed by atoms with Crippen LogP contribution in [0.2, 0.25) is 10.0 Å². The minimum atomic E-state index is -0.0498. The van der Waals surface area contributed by atoms with Crippen LogP contribution in [0.25, 0.3) is 0 Å². The highest BCUT2D eigenvalue weighted by Crippen LogP contribution is 2.25. The molecule has 0 aromatic heterocycles. The van der Waals surface area contributed by atoms with E-state index in [1.165, 1.54) is 0 Å². The van der Waals surface area contributed by atoms with Crippen LogP contribution >= 0.6 is 35.0 Å². The van der Waals surface area contributed by atoms with Crippen molar-refractivity contribution in [2.45, 2.75) is 0 Å². The molecule has 1 aromatic carbocycles. The quantitative estimate of drug-likeness (QED) is 0.802. The Hall–Kier alpha value is -0.460. The van der Waals surface area contributed by atoms with Gasteiger partial charge in [-0.05, 0) is 18.2 Å². The van der Waals surface area contributed by atoms with Gasteiger partial charge in [0.25, 0.3) is 0 Å². The number of hydrogen-bond acceptors (Lipinski definition) is 4. The lowest BCUT2D eigenvalue weighted by Crippen LogP contribution is -2.37. The molecule has 0 unspecified atom stereocenters. The molecular formula is C14H18Cl2N2O2S. The van der Waals surface area contributed by atoms with Gasteiger partial charge in [-0.1, -0.05) is 23.2 Å². The summed E-state index contributed by atoms with van der Waals surface area (Å²) in [6.45, 7) is 4.56. The number of anilines is 1. The minimum Gasteiger partial charge on any atom is -0.379 e. The normalized spacial score (nSPS) is 15.9. The van der Waals surface area contributed by atoms with Gasteiger partial charge in [0, 0.05) is 30.4 Å². The molecule has 0 spiro atoms. The van der Waals surface area contributed by atoms with Gasteiger partial charge in [0.05, 0.1) is 29.7 Å². The molecule has 0 radical (unpaired) electrons. The fraction of sp³-hybridized carbons (Fsp3) is 0.500. The molecule has 2 rings (SSSR count). The van der Waals surface area contributed by atoms with Gasteiger partial charge in [-0.25, -0.2) is 0 Å². The van der Waals surface area contributed by atoms with E-state index in [0.717, 1.165) is 38.6 Å². The second-order valence-electron chi connectivity index (χ2n) is 4.68. The van der Waals surface area contributed by atoms with Gasteiger partial charge >= 0.3 is 0 Å². The Balaban J connectivity index is 1.65. The lowest BCUT2D eigenvalue weighted by atomic mass is 10.3. The summed E-state index contributed by atoms with van der Waals surface area (Å²) in [6, 6.07) is 5.03. The molecule has 0 bridgehead atoms. The zero-order valence-electron chi connectivity index (χ0n) is 11.6. The largest absolute Gasteiger partial charge is 0.379 e. The number of amides is 1. The van der Waals surface area contributed by atoms with E-state index in [-0.39, 0.29) is 5.91 Å². The molecule has 1 saturated heterocycles. The first kappa shape index (κ1) is 16.9.